The average molecular weight is 960 g/mol. The molecule has 2 aromatic heterocycles. The molecule has 2 unspecified atom stereocenters. The summed E-state index contributed by atoms with van der Waals surface area (Å²) < 4.78 is 22.5. The number of aromatic nitrogens is 2. The quantitative estimate of drug-likeness (QED) is 0.0861. The Hall–Kier alpha value is -6.18. The van der Waals surface area contributed by atoms with Crippen LogP contribution in [0.2, 0.25) is 10.0 Å². The number of ether oxygens (including phenoxy) is 4. The van der Waals surface area contributed by atoms with E-state index in [-0.39, 0.29) is 35.7 Å². The number of piperidine rings is 2. The molecule has 2 aliphatic heterocycles. The van der Waals surface area contributed by atoms with Gasteiger partial charge in [0.05, 0.1) is 37.7 Å². The van der Waals surface area contributed by atoms with Crippen molar-refractivity contribution >= 4 is 35.0 Å². The van der Waals surface area contributed by atoms with Gasteiger partial charge in [-0.15, -0.1) is 0 Å². The highest BCUT2D eigenvalue weighted by Gasteiger charge is 2.29. The Morgan fingerprint density at radius 2 is 0.882 bits per heavy atom. The first-order valence-corrected chi connectivity index (χ1v) is 23.9. The third kappa shape index (κ3) is 14.4. The minimum absolute atomic E-state index is 0.0232. The van der Waals surface area contributed by atoms with E-state index in [9.17, 15) is 9.59 Å². The number of methoxy groups -OCH3 is 2. The molecule has 12 nitrogen and oxygen atoms in total. The fourth-order valence-corrected chi connectivity index (χ4v) is 8.72. The Morgan fingerprint density at radius 1 is 0.529 bits per heavy atom. The van der Waals surface area contributed by atoms with Gasteiger partial charge in [-0.1, -0.05) is 83.9 Å². The van der Waals surface area contributed by atoms with Gasteiger partial charge in [-0.2, -0.15) is 0 Å². The number of hydrogen-bond donors (Lipinski definition) is 2. The van der Waals surface area contributed by atoms with Crippen LogP contribution in [0.4, 0.5) is 0 Å². The number of halogens is 2. The maximum absolute atomic E-state index is 13.2. The van der Waals surface area contributed by atoms with Crippen molar-refractivity contribution in [2.75, 3.05) is 66.7 Å². The number of para-hydroxylation sites is 4. The second kappa shape index (κ2) is 25.8. The summed E-state index contributed by atoms with van der Waals surface area (Å²) in [4.78, 5) is 40.0. The number of likely N-dealkylation sites (tertiary alicyclic amines) is 2. The molecule has 2 N–H and O–H groups in total. The third-order valence-electron chi connectivity index (χ3n) is 12.3. The van der Waals surface area contributed by atoms with Gasteiger partial charge in [0, 0.05) is 47.4 Å². The second-order valence-electron chi connectivity index (χ2n) is 16.7. The summed E-state index contributed by atoms with van der Waals surface area (Å²) in [5, 5.41) is 7.79. The van der Waals surface area contributed by atoms with E-state index < -0.39 is 0 Å². The zero-order valence-corrected chi connectivity index (χ0v) is 40.2. The molecular formula is C54H60Cl2N6O6. The topological polar surface area (TPSA) is 127 Å². The summed E-state index contributed by atoms with van der Waals surface area (Å²) in [5.74, 6) is 3.06. The van der Waals surface area contributed by atoms with Crippen LogP contribution in [-0.2, 0) is 9.59 Å². The van der Waals surface area contributed by atoms with Crippen LogP contribution in [-0.4, -0.2) is 98.3 Å². The zero-order valence-electron chi connectivity index (χ0n) is 38.6. The highest BCUT2D eigenvalue weighted by atomic mass is 35.5. The van der Waals surface area contributed by atoms with Gasteiger partial charge in [0.1, 0.15) is 13.2 Å². The highest BCUT2D eigenvalue weighted by Crippen LogP contribution is 2.29. The van der Waals surface area contributed by atoms with Gasteiger partial charge in [0.2, 0.25) is 11.8 Å². The number of pyridine rings is 2. The van der Waals surface area contributed by atoms with Crippen molar-refractivity contribution in [2.45, 2.75) is 37.8 Å². The molecule has 356 valence electrons. The second-order valence-corrected chi connectivity index (χ2v) is 17.6. The summed E-state index contributed by atoms with van der Waals surface area (Å²) in [5.41, 5.74) is 3.54. The number of benzene rings is 4. The summed E-state index contributed by atoms with van der Waals surface area (Å²) >= 11 is 12.1. The van der Waals surface area contributed by atoms with E-state index in [2.05, 4.69) is 30.4 Å². The SMILES string of the molecule is COc1ccccc1OCCN1CCC(C(=O)NC(c2ccc(Cl)cc2)c2ccccn2)CC1.COc1ccccc1OCCN1CCC(C(=O)NC(c2ccc(Cl)cc2)c2ccccn2)CC1. The lowest BCUT2D eigenvalue weighted by Crippen LogP contribution is -2.43. The molecule has 6 aromatic rings. The number of amides is 2. The summed E-state index contributed by atoms with van der Waals surface area (Å²) in [6.45, 7) is 6.24. The predicted octanol–water partition coefficient (Wildman–Crippen LogP) is 9.48. The largest absolute Gasteiger partial charge is 0.493 e. The monoisotopic (exact) mass is 958 g/mol. The van der Waals surface area contributed by atoms with Crippen molar-refractivity contribution < 1.29 is 28.5 Å². The number of nitrogens with zero attached hydrogens (tertiary/aromatic N) is 4. The van der Waals surface area contributed by atoms with Crippen LogP contribution in [0, 0.1) is 11.8 Å². The molecule has 0 saturated carbocycles. The van der Waals surface area contributed by atoms with Crippen molar-refractivity contribution in [1.82, 2.24) is 30.4 Å². The summed E-state index contributed by atoms with van der Waals surface area (Å²) in [6, 6.07) is 41.3. The van der Waals surface area contributed by atoms with Gasteiger partial charge in [0.15, 0.2) is 23.0 Å². The van der Waals surface area contributed by atoms with Crippen molar-refractivity contribution in [1.29, 1.82) is 0 Å². The van der Waals surface area contributed by atoms with Crippen molar-refractivity contribution in [2.24, 2.45) is 11.8 Å². The lowest BCUT2D eigenvalue weighted by Gasteiger charge is -2.32. The first-order chi connectivity index (χ1) is 33.3. The van der Waals surface area contributed by atoms with Gasteiger partial charge < -0.3 is 29.6 Å². The van der Waals surface area contributed by atoms with E-state index in [1.54, 1.807) is 26.6 Å². The molecule has 0 aliphatic carbocycles. The molecule has 2 aliphatic rings. The molecule has 68 heavy (non-hydrogen) atoms. The lowest BCUT2D eigenvalue weighted by atomic mass is 9.94. The summed E-state index contributed by atoms with van der Waals surface area (Å²) in [6.07, 6.45) is 6.75. The molecule has 2 fully saturated rings. The van der Waals surface area contributed by atoms with Crippen LogP contribution < -0.4 is 29.6 Å². The smallest absolute Gasteiger partial charge is 0.224 e. The maximum atomic E-state index is 13.2. The van der Waals surface area contributed by atoms with Crippen LogP contribution in [0.3, 0.4) is 0 Å². The molecular weight excluding hydrogens is 900 g/mol. The molecule has 2 amide bonds. The van der Waals surface area contributed by atoms with Crippen molar-refractivity contribution in [3.05, 3.63) is 178 Å². The van der Waals surface area contributed by atoms with E-state index in [1.807, 2.05) is 133 Å². The molecule has 2 atom stereocenters. The normalized spacial score (nSPS) is 15.5. The molecule has 0 spiro atoms. The molecule has 2 saturated heterocycles. The van der Waals surface area contributed by atoms with Crippen LogP contribution in [0.5, 0.6) is 23.0 Å². The van der Waals surface area contributed by atoms with Gasteiger partial charge >= 0.3 is 0 Å². The van der Waals surface area contributed by atoms with Gasteiger partial charge in [-0.3, -0.25) is 29.4 Å². The van der Waals surface area contributed by atoms with E-state index in [1.165, 1.54) is 0 Å². The van der Waals surface area contributed by atoms with E-state index in [4.69, 9.17) is 42.1 Å². The average Bonchev–Trinajstić information content (AvgIpc) is 3.39. The molecule has 8 rings (SSSR count). The highest BCUT2D eigenvalue weighted by molar-refractivity contribution is 6.30. The fourth-order valence-electron chi connectivity index (χ4n) is 8.46. The third-order valence-corrected chi connectivity index (χ3v) is 12.8. The molecule has 4 aromatic carbocycles. The van der Waals surface area contributed by atoms with Crippen molar-refractivity contribution in [3.8, 4) is 23.0 Å². The minimum Gasteiger partial charge on any atom is -0.493 e. The Balaban J connectivity index is 0.000000201. The Morgan fingerprint density at radius 3 is 1.22 bits per heavy atom. The minimum atomic E-state index is -0.307. The zero-order chi connectivity index (χ0) is 47.5. The van der Waals surface area contributed by atoms with Crippen LogP contribution in [0.1, 0.15) is 60.3 Å². The Kier molecular flexibility index (Phi) is 18.9. The molecule has 0 bridgehead atoms. The van der Waals surface area contributed by atoms with Crippen LogP contribution in [0.15, 0.2) is 146 Å². The number of nitrogens with one attached hydrogen (secondary N) is 2. The van der Waals surface area contributed by atoms with Gasteiger partial charge in [0.25, 0.3) is 0 Å². The van der Waals surface area contributed by atoms with E-state index in [0.717, 1.165) is 110 Å². The predicted molar refractivity (Wildman–Crippen MR) is 267 cm³/mol. The Labute approximate surface area is 409 Å². The fraction of sp³-hybridized carbons (Fsp3) is 0.333. The standard InChI is InChI=1S/2C27H30ClN3O3/c2*1-33-24-7-2-3-8-25(24)34-19-18-31-16-13-21(14-17-31)27(32)30-26(23-6-4-5-15-29-23)20-9-11-22(28)12-10-20/h2*2-12,15,21,26H,13-14,16-19H2,1H3,(H,30,32). The first kappa shape index (κ1) is 49.7. The number of hydrogen-bond acceptors (Lipinski definition) is 10. The van der Waals surface area contributed by atoms with Gasteiger partial charge in [-0.05, 0) is 136 Å². The van der Waals surface area contributed by atoms with Gasteiger partial charge in [-0.25, -0.2) is 0 Å². The lowest BCUT2D eigenvalue weighted by molar-refractivity contribution is -0.127. The number of carbonyl (C=O) groups is 2. The van der Waals surface area contributed by atoms with E-state index >= 15 is 0 Å². The maximum Gasteiger partial charge on any atom is 0.224 e. The molecule has 14 heteroatoms. The van der Waals surface area contributed by atoms with Crippen LogP contribution in [0.25, 0.3) is 0 Å². The number of carbonyl (C=O) groups excluding carboxylic acids is 2. The summed E-state index contributed by atoms with van der Waals surface area (Å²) in [7, 11) is 3.28. The molecule has 4 heterocycles. The van der Waals surface area contributed by atoms with E-state index in [0.29, 0.717) is 23.3 Å². The number of rotatable bonds is 18. The van der Waals surface area contributed by atoms with Crippen molar-refractivity contribution in [3.63, 3.8) is 0 Å². The first-order valence-electron chi connectivity index (χ1n) is 23.2. The van der Waals surface area contributed by atoms with Crippen LogP contribution >= 0.6 is 23.2 Å². The molecule has 0 radical (unpaired) electrons. The Bertz CT molecular complexity index is 2280.